The molecule has 35 heavy (non-hydrogen) atoms. The van der Waals surface area contributed by atoms with E-state index in [-0.39, 0.29) is 24.3 Å². The van der Waals surface area contributed by atoms with Crippen LogP contribution < -0.4 is 5.73 Å². The Kier molecular flexibility index (Phi) is 8.82. The van der Waals surface area contributed by atoms with Gasteiger partial charge in [-0.15, -0.1) is 0 Å². The molecule has 0 saturated carbocycles. The van der Waals surface area contributed by atoms with Crippen molar-refractivity contribution in [2.45, 2.75) is 31.7 Å². The molecular weight excluding hydrogens is 434 g/mol. The number of hydrogen-bond donors (Lipinski definition) is 1. The van der Waals surface area contributed by atoms with Gasteiger partial charge >= 0.3 is 0 Å². The molecule has 182 valence electrons. The lowest BCUT2D eigenvalue weighted by Crippen LogP contribution is -2.58. The standard InChI is InChI=1S/C30H35N3O2/c31-18-7-6-12-29-30(35)32(19-17-25-13-15-26-10-4-5-11-27(26)22-25)20-21-33(29)23-28(34)16-14-24-8-2-1-3-9-24/h1-5,8-11,13-16,22,29H,6-7,12,17-21,23,31H2/b16-14+/t29-/m0/s1. The molecule has 1 aliphatic rings. The number of fused-ring (bicyclic) bond motifs is 1. The molecule has 1 saturated heterocycles. The molecule has 1 amide bonds. The fourth-order valence-electron chi connectivity index (χ4n) is 4.75. The number of hydrogen-bond acceptors (Lipinski definition) is 4. The molecule has 0 spiro atoms. The van der Waals surface area contributed by atoms with E-state index in [1.807, 2.05) is 47.4 Å². The van der Waals surface area contributed by atoms with E-state index in [2.05, 4.69) is 41.3 Å². The van der Waals surface area contributed by atoms with Crippen molar-refractivity contribution in [3.8, 4) is 0 Å². The molecule has 5 nitrogen and oxygen atoms in total. The van der Waals surface area contributed by atoms with Crippen molar-refractivity contribution in [1.29, 1.82) is 0 Å². The molecule has 5 heteroatoms. The number of unbranched alkanes of at least 4 members (excludes halogenated alkanes) is 1. The van der Waals surface area contributed by atoms with Crippen molar-refractivity contribution in [3.05, 3.63) is 90.0 Å². The molecule has 0 aliphatic carbocycles. The Bertz CT molecular complexity index is 1160. The highest BCUT2D eigenvalue weighted by atomic mass is 16.2. The largest absolute Gasteiger partial charge is 0.340 e. The van der Waals surface area contributed by atoms with Gasteiger partial charge in [-0.2, -0.15) is 0 Å². The second-order valence-corrected chi connectivity index (χ2v) is 9.24. The van der Waals surface area contributed by atoms with E-state index in [9.17, 15) is 9.59 Å². The van der Waals surface area contributed by atoms with Crippen LogP contribution in [0.2, 0.25) is 0 Å². The first-order valence-corrected chi connectivity index (χ1v) is 12.6. The quantitative estimate of drug-likeness (QED) is 0.336. The molecule has 1 atom stereocenters. The van der Waals surface area contributed by atoms with Gasteiger partial charge in [0.05, 0.1) is 12.6 Å². The first-order valence-electron chi connectivity index (χ1n) is 12.6. The highest BCUT2D eigenvalue weighted by Crippen LogP contribution is 2.20. The van der Waals surface area contributed by atoms with Crippen LogP contribution >= 0.6 is 0 Å². The molecule has 2 N–H and O–H groups in total. The van der Waals surface area contributed by atoms with E-state index in [4.69, 9.17) is 5.73 Å². The monoisotopic (exact) mass is 469 g/mol. The Morgan fingerprint density at radius 1 is 0.943 bits per heavy atom. The van der Waals surface area contributed by atoms with Crippen LogP contribution in [0, 0.1) is 0 Å². The summed E-state index contributed by atoms with van der Waals surface area (Å²) in [6.45, 7) is 2.93. The molecule has 1 fully saturated rings. The molecule has 0 aromatic heterocycles. The van der Waals surface area contributed by atoms with Gasteiger partial charge in [0.2, 0.25) is 5.91 Å². The summed E-state index contributed by atoms with van der Waals surface area (Å²) in [6, 6.07) is 24.4. The topological polar surface area (TPSA) is 66.6 Å². The zero-order valence-corrected chi connectivity index (χ0v) is 20.3. The van der Waals surface area contributed by atoms with E-state index in [1.54, 1.807) is 6.08 Å². The number of rotatable bonds is 11. The van der Waals surface area contributed by atoms with E-state index in [1.165, 1.54) is 16.3 Å². The number of ketones is 1. The van der Waals surface area contributed by atoms with E-state index in [0.29, 0.717) is 26.2 Å². The minimum Gasteiger partial charge on any atom is -0.340 e. The maximum atomic E-state index is 13.4. The van der Waals surface area contributed by atoms with Gasteiger partial charge in [-0.25, -0.2) is 0 Å². The zero-order valence-electron chi connectivity index (χ0n) is 20.3. The van der Waals surface area contributed by atoms with Gasteiger partial charge in [-0.3, -0.25) is 14.5 Å². The average molecular weight is 470 g/mol. The first kappa shape index (κ1) is 24.8. The Morgan fingerprint density at radius 2 is 1.71 bits per heavy atom. The van der Waals surface area contributed by atoms with E-state index >= 15 is 0 Å². The second kappa shape index (κ2) is 12.4. The number of benzene rings is 3. The van der Waals surface area contributed by atoms with Crippen LogP contribution in [0.4, 0.5) is 0 Å². The summed E-state index contributed by atoms with van der Waals surface area (Å²) in [4.78, 5) is 30.2. The molecule has 3 aromatic rings. The minimum absolute atomic E-state index is 0.0232. The Labute approximate surface area is 208 Å². The van der Waals surface area contributed by atoms with Crippen molar-refractivity contribution < 1.29 is 9.59 Å². The summed E-state index contributed by atoms with van der Waals surface area (Å²) in [7, 11) is 0. The fraction of sp³-hybridized carbons (Fsp3) is 0.333. The number of amides is 1. The molecule has 3 aromatic carbocycles. The van der Waals surface area contributed by atoms with Crippen molar-refractivity contribution >= 4 is 28.5 Å². The Balaban J connectivity index is 1.38. The van der Waals surface area contributed by atoms with Gasteiger partial charge in [0.1, 0.15) is 0 Å². The molecule has 0 unspecified atom stereocenters. The third kappa shape index (κ3) is 6.87. The Morgan fingerprint density at radius 3 is 2.51 bits per heavy atom. The van der Waals surface area contributed by atoms with Crippen LogP contribution in [0.3, 0.4) is 0 Å². The Hall–Kier alpha value is -3.28. The fourth-order valence-corrected chi connectivity index (χ4v) is 4.75. The minimum atomic E-state index is -0.263. The summed E-state index contributed by atoms with van der Waals surface area (Å²) in [5, 5.41) is 2.45. The third-order valence-electron chi connectivity index (χ3n) is 6.73. The zero-order chi connectivity index (χ0) is 24.5. The normalized spacial score (nSPS) is 16.9. The molecule has 1 heterocycles. The van der Waals surface area contributed by atoms with Gasteiger partial charge in [-0.05, 0) is 53.8 Å². The van der Waals surface area contributed by atoms with Gasteiger partial charge < -0.3 is 10.6 Å². The van der Waals surface area contributed by atoms with Gasteiger partial charge in [0.25, 0.3) is 0 Å². The van der Waals surface area contributed by atoms with Gasteiger partial charge in [0.15, 0.2) is 5.78 Å². The average Bonchev–Trinajstić information content (AvgIpc) is 2.89. The number of carbonyl (C=O) groups excluding carboxylic acids is 2. The third-order valence-corrected chi connectivity index (χ3v) is 6.73. The van der Waals surface area contributed by atoms with Crippen LogP contribution in [0.5, 0.6) is 0 Å². The van der Waals surface area contributed by atoms with Crippen LogP contribution in [0.15, 0.2) is 78.9 Å². The molecule has 4 rings (SSSR count). The van der Waals surface area contributed by atoms with Crippen LogP contribution in [0.1, 0.15) is 30.4 Å². The van der Waals surface area contributed by atoms with Crippen LogP contribution in [0.25, 0.3) is 16.8 Å². The summed E-state index contributed by atoms with van der Waals surface area (Å²) in [5.74, 6) is 0.156. The van der Waals surface area contributed by atoms with Gasteiger partial charge in [0, 0.05) is 19.6 Å². The molecular formula is C30H35N3O2. The molecule has 1 aliphatic heterocycles. The number of nitrogens with two attached hydrogens (primary N) is 1. The SMILES string of the molecule is NCCCC[C@H]1C(=O)N(CCc2ccc3ccccc3c2)CCN1CC(=O)/C=C/c1ccccc1. The predicted molar refractivity (Wildman–Crippen MR) is 143 cm³/mol. The van der Waals surface area contributed by atoms with Crippen molar-refractivity contribution in [2.24, 2.45) is 5.73 Å². The van der Waals surface area contributed by atoms with Crippen LogP contribution in [-0.4, -0.2) is 60.3 Å². The lowest BCUT2D eigenvalue weighted by Gasteiger charge is -2.40. The molecule has 0 radical (unpaired) electrons. The van der Waals surface area contributed by atoms with Crippen LogP contribution in [-0.2, 0) is 16.0 Å². The second-order valence-electron chi connectivity index (χ2n) is 9.24. The smallest absolute Gasteiger partial charge is 0.239 e. The van der Waals surface area contributed by atoms with E-state index < -0.39 is 0 Å². The molecule has 0 bridgehead atoms. The lowest BCUT2D eigenvalue weighted by molar-refractivity contribution is -0.142. The van der Waals surface area contributed by atoms with Gasteiger partial charge in [-0.1, -0.05) is 85.3 Å². The van der Waals surface area contributed by atoms with E-state index in [0.717, 1.165) is 31.2 Å². The van der Waals surface area contributed by atoms with Crippen molar-refractivity contribution in [1.82, 2.24) is 9.80 Å². The lowest BCUT2D eigenvalue weighted by atomic mass is 10.0. The summed E-state index contributed by atoms with van der Waals surface area (Å²) in [6.07, 6.45) is 6.80. The summed E-state index contributed by atoms with van der Waals surface area (Å²) in [5.41, 5.74) is 7.93. The highest BCUT2D eigenvalue weighted by Gasteiger charge is 2.34. The van der Waals surface area contributed by atoms with Crippen molar-refractivity contribution in [2.75, 3.05) is 32.7 Å². The summed E-state index contributed by atoms with van der Waals surface area (Å²) >= 11 is 0. The van der Waals surface area contributed by atoms with Crippen molar-refractivity contribution in [3.63, 3.8) is 0 Å². The number of piperazine rings is 1. The number of nitrogens with zero attached hydrogens (tertiary/aromatic N) is 2. The highest BCUT2D eigenvalue weighted by molar-refractivity contribution is 5.95. The number of carbonyl (C=O) groups is 2. The maximum absolute atomic E-state index is 13.4. The maximum Gasteiger partial charge on any atom is 0.239 e. The summed E-state index contributed by atoms with van der Waals surface area (Å²) < 4.78 is 0. The first-order chi connectivity index (χ1) is 17.1. The predicted octanol–water partition coefficient (Wildman–Crippen LogP) is 4.31.